The number of aryl methyl sites for hydroxylation is 1. The molecule has 0 saturated carbocycles. The Bertz CT molecular complexity index is 1260. The van der Waals surface area contributed by atoms with Crippen molar-refractivity contribution in [2.24, 2.45) is 0 Å². The molecular formula is C24H24N2O5S2. The summed E-state index contributed by atoms with van der Waals surface area (Å²) >= 11 is 1.47. The van der Waals surface area contributed by atoms with E-state index in [2.05, 4.69) is 5.32 Å². The maximum Gasteiger partial charge on any atom is 0.335 e. The number of rotatable bonds is 9. The minimum Gasteiger partial charge on any atom is -0.478 e. The van der Waals surface area contributed by atoms with Gasteiger partial charge < -0.3 is 10.4 Å². The van der Waals surface area contributed by atoms with Gasteiger partial charge in [-0.1, -0.05) is 35.9 Å². The zero-order valence-corrected chi connectivity index (χ0v) is 19.8. The number of carbonyl (C=O) groups is 2. The highest BCUT2D eigenvalue weighted by Gasteiger charge is 2.27. The highest BCUT2D eigenvalue weighted by Crippen LogP contribution is 2.27. The second-order valence-corrected chi connectivity index (χ2v) is 10.1. The Kier molecular flexibility index (Phi) is 7.78. The van der Waals surface area contributed by atoms with Crippen LogP contribution in [0.25, 0.3) is 0 Å². The molecule has 0 aliphatic rings. The first kappa shape index (κ1) is 24.3. The standard InChI is InChI=1S/C24H24N2O5S2/c1-17-9-11-22(12-10-17)33(30,31)26(20-7-4-8-21(14-20)32-2)16-23(27)25-15-18-5-3-6-19(13-18)24(28)29/h3-14H,15-16H2,1-2H3,(H,25,27)(H,28,29). The minimum absolute atomic E-state index is 0.0726. The lowest BCUT2D eigenvalue weighted by atomic mass is 10.1. The number of aromatic carboxylic acids is 1. The molecule has 0 aliphatic carbocycles. The summed E-state index contributed by atoms with van der Waals surface area (Å²) in [5, 5.41) is 11.8. The average Bonchev–Trinajstić information content (AvgIpc) is 2.81. The Morgan fingerprint density at radius 3 is 2.36 bits per heavy atom. The smallest absolute Gasteiger partial charge is 0.335 e. The van der Waals surface area contributed by atoms with E-state index in [0.29, 0.717) is 11.3 Å². The number of hydrogen-bond donors (Lipinski definition) is 2. The Labute approximate surface area is 197 Å². The molecular weight excluding hydrogens is 460 g/mol. The van der Waals surface area contributed by atoms with Crippen molar-refractivity contribution in [3.63, 3.8) is 0 Å². The van der Waals surface area contributed by atoms with Crippen LogP contribution in [0.4, 0.5) is 5.69 Å². The van der Waals surface area contributed by atoms with Crippen LogP contribution in [0.2, 0.25) is 0 Å². The van der Waals surface area contributed by atoms with Crippen LogP contribution in [0, 0.1) is 6.92 Å². The van der Waals surface area contributed by atoms with E-state index < -0.39 is 28.4 Å². The highest BCUT2D eigenvalue weighted by atomic mass is 32.2. The molecule has 0 heterocycles. The van der Waals surface area contributed by atoms with Gasteiger partial charge >= 0.3 is 5.97 Å². The van der Waals surface area contributed by atoms with Gasteiger partial charge in [0.25, 0.3) is 10.0 Å². The van der Waals surface area contributed by atoms with Crippen LogP contribution >= 0.6 is 11.8 Å². The van der Waals surface area contributed by atoms with Gasteiger partial charge in [-0.3, -0.25) is 9.10 Å². The van der Waals surface area contributed by atoms with Gasteiger partial charge in [-0.05, 0) is 61.2 Å². The molecule has 0 aromatic heterocycles. The van der Waals surface area contributed by atoms with Crippen molar-refractivity contribution in [3.05, 3.63) is 89.5 Å². The lowest BCUT2D eigenvalue weighted by molar-refractivity contribution is -0.119. The second kappa shape index (κ2) is 10.5. The van der Waals surface area contributed by atoms with Crippen LogP contribution in [0.15, 0.2) is 82.6 Å². The van der Waals surface area contributed by atoms with E-state index in [-0.39, 0.29) is 17.0 Å². The van der Waals surface area contributed by atoms with Gasteiger partial charge in [0, 0.05) is 11.4 Å². The van der Waals surface area contributed by atoms with E-state index in [1.807, 2.05) is 19.2 Å². The lowest BCUT2D eigenvalue weighted by Gasteiger charge is -2.24. The topological polar surface area (TPSA) is 104 Å². The summed E-state index contributed by atoms with van der Waals surface area (Å²) in [6, 6.07) is 19.6. The molecule has 1 amide bonds. The fourth-order valence-electron chi connectivity index (χ4n) is 3.12. The fourth-order valence-corrected chi connectivity index (χ4v) is 4.99. The van der Waals surface area contributed by atoms with Crippen LogP contribution in [-0.4, -0.2) is 38.2 Å². The number of thioether (sulfide) groups is 1. The molecule has 3 rings (SSSR count). The quantitative estimate of drug-likeness (QED) is 0.446. The number of benzene rings is 3. The largest absolute Gasteiger partial charge is 0.478 e. The fraction of sp³-hybridized carbons (Fsp3) is 0.167. The number of carboxylic acids is 1. The van der Waals surface area contributed by atoms with Gasteiger partial charge in [0.15, 0.2) is 0 Å². The first-order valence-electron chi connectivity index (χ1n) is 10.0. The molecule has 0 unspecified atom stereocenters. The van der Waals surface area contributed by atoms with Crippen LogP contribution in [-0.2, 0) is 21.4 Å². The second-order valence-electron chi connectivity index (χ2n) is 7.31. The number of sulfonamides is 1. The summed E-state index contributed by atoms with van der Waals surface area (Å²) in [7, 11) is -4.01. The number of amides is 1. The van der Waals surface area contributed by atoms with Crippen molar-refractivity contribution in [2.75, 3.05) is 17.1 Å². The molecule has 3 aromatic rings. The molecule has 0 aliphatic heterocycles. The zero-order valence-electron chi connectivity index (χ0n) is 18.2. The van der Waals surface area contributed by atoms with Gasteiger partial charge in [0.1, 0.15) is 6.54 Å². The first-order chi connectivity index (χ1) is 15.7. The van der Waals surface area contributed by atoms with Crippen molar-refractivity contribution >= 4 is 39.3 Å². The van der Waals surface area contributed by atoms with Gasteiger partial charge in [-0.25, -0.2) is 13.2 Å². The van der Waals surface area contributed by atoms with E-state index in [0.717, 1.165) is 14.8 Å². The molecule has 3 aromatic carbocycles. The van der Waals surface area contributed by atoms with Gasteiger partial charge in [0.2, 0.25) is 5.91 Å². The molecule has 0 fully saturated rings. The van der Waals surface area contributed by atoms with Crippen LogP contribution in [0.5, 0.6) is 0 Å². The number of carbonyl (C=O) groups excluding carboxylic acids is 1. The predicted octanol–water partition coefficient (Wildman–Crippen LogP) is 3.93. The lowest BCUT2D eigenvalue weighted by Crippen LogP contribution is -2.40. The number of hydrogen-bond acceptors (Lipinski definition) is 5. The van der Waals surface area contributed by atoms with Crippen LogP contribution < -0.4 is 9.62 Å². The number of nitrogens with zero attached hydrogens (tertiary/aromatic N) is 1. The van der Waals surface area contributed by atoms with Crippen LogP contribution in [0.3, 0.4) is 0 Å². The maximum absolute atomic E-state index is 13.4. The van der Waals surface area contributed by atoms with E-state index in [1.54, 1.807) is 42.5 Å². The predicted molar refractivity (Wildman–Crippen MR) is 129 cm³/mol. The van der Waals surface area contributed by atoms with Crippen molar-refractivity contribution in [1.29, 1.82) is 0 Å². The monoisotopic (exact) mass is 484 g/mol. The summed E-state index contributed by atoms with van der Waals surface area (Å²) in [4.78, 5) is 24.9. The molecule has 2 N–H and O–H groups in total. The van der Waals surface area contributed by atoms with Crippen molar-refractivity contribution in [1.82, 2.24) is 5.32 Å². The molecule has 7 nitrogen and oxygen atoms in total. The molecule has 0 bridgehead atoms. The van der Waals surface area contributed by atoms with Gasteiger partial charge in [-0.15, -0.1) is 11.8 Å². The van der Waals surface area contributed by atoms with Crippen LogP contribution in [0.1, 0.15) is 21.5 Å². The van der Waals surface area contributed by atoms with Crippen molar-refractivity contribution in [3.8, 4) is 0 Å². The third-order valence-corrected chi connectivity index (χ3v) is 7.41. The first-order valence-corrected chi connectivity index (χ1v) is 12.7. The summed E-state index contributed by atoms with van der Waals surface area (Å²) in [6.45, 7) is 1.51. The Morgan fingerprint density at radius 1 is 1.00 bits per heavy atom. The number of nitrogens with one attached hydrogen (secondary N) is 1. The third kappa shape index (κ3) is 6.15. The number of carboxylic acid groups (broad SMARTS) is 1. The number of anilines is 1. The molecule has 0 atom stereocenters. The molecule has 9 heteroatoms. The molecule has 172 valence electrons. The van der Waals surface area contributed by atoms with E-state index in [9.17, 15) is 18.0 Å². The zero-order chi connectivity index (χ0) is 24.0. The highest BCUT2D eigenvalue weighted by molar-refractivity contribution is 7.98. The normalized spacial score (nSPS) is 11.1. The van der Waals surface area contributed by atoms with E-state index in [1.165, 1.54) is 36.0 Å². The molecule has 0 radical (unpaired) electrons. The molecule has 33 heavy (non-hydrogen) atoms. The van der Waals surface area contributed by atoms with Crippen molar-refractivity contribution < 1.29 is 23.1 Å². The van der Waals surface area contributed by atoms with E-state index in [4.69, 9.17) is 5.11 Å². The molecule has 0 saturated heterocycles. The summed E-state index contributed by atoms with van der Waals surface area (Å²) in [6.07, 6.45) is 1.88. The van der Waals surface area contributed by atoms with Gasteiger partial charge in [0.05, 0.1) is 16.1 Å². The average molecular weight is 485 g/mol. The SMILES string of the molecule is CSc1cccc(N(CC(=O)NCc2cccc(C(=O)O)c2)S(=O)(=O)c2ccc(C)cc2)c1. The summed E-state index contributed by atoms with van der Waals surface area (Å²) in [5.74, 6) is -1.58. The van der Waals surface area contributed by atoms with Crippen molar-refractivity contribution in [2.45, 2.75) is 23.3 Å². The van der Waals surface area contributed by atoms with Gasteiger partial charge in [-0.2, -0.15) is 0 Å². The molecule has 0 spiro atoms. The summed E-state index contributed by atoms with van der Waals surface area (Å²) < 4.78 is 28.0. The maximum atomic E-state index is 13.4. The Morgan fingerprint density at radius 2 is 1.70 bits per heavy atom. The third-order valence-electron chi connectivity index (χ3n) is 4.90. The minimum atomic E-state index is -4.01. The summed E-state index contributed by atoms with van der Waals surface area (Å²) in [5.41, 5.74) is 2.01. The Balaban J connectivity index is 1.86. The van der Waals surface area contributed by atoms with E-state index >= 15 is 0 Å². The Hall–Kier alpha value is -3.30.